The molecule has 3 aromatic rings. The molecule has 0 radical (unpaired) electrons. The summed E-state index contributed by atoms with van der Waals surface area (Å²) in [6.45, 7) is 0. The molecule has 0 aliphatic carbocycles. The van der Waals surface area contributed by atoms with E-state index in [2.05, 4.69) is 10.2 Å². The average molecular weight is 252 g/mol. The van der Waals surface area contributed by atoms with Gasteiger partial charge in [-0.15, -0.1) is 12.1 Å². The van der Waals surface area contributed by atoms with Gasteiger partial charge in [-0.3, -0.25) is 5.10 Å². The topological polar surface area (TPSA) is 28.7 Å². The summed E-state index contributed by atoms with van der Waals surface area (Å²) >= 11 is 0. The van der Waals surface area contributed by atoms with Crippen molar-refractivity contribution in [3.05, 3.63) is 66.9 Å². The van der Waals surface area contributed by atoms with Gasteiger partial charge in [0.05, 0.1) is 0 Å². The Bertz CT molecular complexity index is 389. The maximum atomic E-state index is 3.85. The van der Waals surface area contributed by atoms with Crippen molar-refractivity contribution in [2.45, 2.75) is 0 Å². The van der Waals surface area contributed by atoms with Crippen molar-refractivity contribution in [3.63, 3.8) is 0 Å². The SMILES string of the molecule is [Fe+2].c1cc[c-](-c2ccn[nH]2)c1.c1cc[cH-]c1. The Morgan fingerprint density at radius 2 is 1.75 bits per heavy atom. The van der Waals surface area contributed by atoms with Crippen LogP contribution in [0.5, 0.6) is 0 Å². The smallest absolute Gasteiger partial charge is 0.297 e. The van der Waals surface area contributed by atoms with Crippen LogP contribution in [-0.2, 0) is 17.1 Å². The number of rotatable bonds is 1. The minimum Gasteiger partial charge on any atom is -0.297 e. The van der Waals surface area contributed by atoms with E-state index < -0.39 is 0 Å². The van der Waals surface area contributed by atoms with Crippen molar-refractivity contribution in [2.75, 3.05) is 0 Å². The van der Waals surface area contributed by atoms with Crippen molar-refractivity contribution in [3.8, 4) is 11.3 Å². The molecule has 2 aromatic carbocycles. The standard InChI is InChI=1S/C8H7N2.C5H5.Fe/c1-2-4-7(3-1)8-5-6-9-10-8;1-2-4-5-3-1;/h1-6H,(H,9,10);1-5H;/q2*-1;+2. The van der Waals surface area contributed by atoms with Crippen LogP contribution in [0.3, 0.4) is 0 Å². The van der Waals surface area contributed by atoms with Crippen LogP contribution in [0.1, 0.15) is 0 Å². The van der Waals surface area contributed by atoms with Gasteiger partial charge in [0.2, 0.25) is 0 Å². The second kappa shape index (κ2) is 6.83. The molecule has 0 aliphatic heterocycles. The predicted molar refractivity (Wildman–Crippen MR) is 61.7 cm³/mol. The summed E-state index contributed by atoms with van der Waals surface area (Å²) in [5.41, 5.74) is 2.27. The number of nitrogens with zero attached hydrogens (tertiary/aromatic N) is 1. The molecule has 82 valence electrons. The summed E-state index contributed by atoms with van der Waals surface area (Å²) in [6, 6.07) is 20.1. The van der Waals surface area contributed by atoms with Gasteiger partial charge in [0.15, 0.2) is 0 Å². The van der Waals surface area contributed by atoms with E-state index in [0.29, 0.717) is 0 Å². The summed E-state index contributed by atoms with van der Waals surface area (Å²) in [5.74, 6) is 0. The molecule has 0 saturated carbocycles. The normalized spacial score (nSPS) is 8.75. The Balaban J connectivity index is 0.000000183. The third-order valence-corrected chi connectivity index (χ3v) is 2.03. The molecule has 0 unspecified atom stereocenters. The van der Waals surface area contributed by atoms with Crippen LogP contribution in [-0.4, -0.2) is 10.2 Å². The Morgan fingerprint density at radius 1 is 1.06 bits per heavy atom. The first kappa shape index (κ1) is 12.5. The minimum absolute atomic E-state index is 0. The van der Waals surface area contributed by atoms with Crippen molar-refractivity contribution in [1.29, 1.82) is 0 Å². The van der Waals surface area contributed by atoms with E-state index in [9.17, 15) is 0 Å². The fourth-order valence-electron chi connectivity index (χ4n) is 1.29. The van der Waals surface area contributed by atoms with Gasteiger partial charge in [0, 0.05) is 6.20 Å². The molecule has 0 amide bonds. The number of hydrogen-bond donors (Lipinski definition) is 1. The number of hydrogen-bond acceptors (Lipinski definition) is 1. The van der Waals surface area contributed by atoms with E-state index in [-0.39, 0.29) is 17.1 Å². The second-order valence-corrected chi connectivity index (χ2v) is 3.11. The van der Waals surface area contributed by atoms with Crippen LogP contribution in [0, 0.1) is 0 Å². The molecular weight excluding hydrogens is 240 g/mol. The molecule has 0 aliphatic rings. The molecule has 1 N–H and O–H groups in total. The summed E-state index contributed by atoms with van der Waals surface area (Å²) < 4.78 is 0. The molecule has 3 rings (SSSR count). The van der Waals surface area contributed by atoms with Gasteiger partial charge in [-0.2, -0.15) is 35.4 Å². The third kappa shape index (κ3) is 3.54. The summed E-state index contributed by atoms with van der Waals surface area (Å²) in [4.78, 5) is 0. The molecule has 1 heterocycles. The fraction of sp³-hybridized carbons (Fsp3) is 0. The van der Waals surface area contributed by atoms with Gasteiger partial charge in [0.25, 0.3) is 0 Å². The van der Waals surface area contributed by atoms with Gasteiger partial charge in [-0.1, -0.05) is 11.6 Å². The quantitative estimate of drug-likeness (QED) is 0.523. The molecule has 2 nitrogen and oxygen atoms in total. The Labute approximate surface area is 106 Å². The Hall–Kier alpha value is -1.57. The van der Waals surface area contributed by atoms with Gasteiger partial charge in [-0.05, 0) is 5.69 Å². The molecule has 16 heavy (non-hydrogen) atoms. The van der Waals surface area contributed by atoms with Crippen LogP contribution in [0.2, 0.25) is 0 Å². The molecule has 0 saturated heterocycles. The van der Waals surface area contributed by atoms with E-state index in [4.69, 9.17) is 0 Å². The maximum Gasteiger partial charge on any atom is 2.00 e. The number of H-pyrrole nitrogens is 1. The predicted octanol–water partition coefficient (Wildman–Crippen LogP) is 3.20. The first-order valence-electron chi connectivity index (χ1n) is 4.85. The van der Waals surface area contributed by atoms with Crippen molar-refractivity contribution in [1.82, 2.24) is 10.2 Å². The zero-order chi connectivity index (χ0) is 10.3. The molecule has 0 atom stereocenters. The molecule has 0 fully saturated rings. The van der Waals surface area contributed by atoms with Gasteiger partial charge >= 0.3 is 17.1 Å². The zero-order valence-corrected chi connectivity index (χ0v) is 9.76. The summed E-state index contributed by atoms with van der Waals surface area (Å²) in [6.07, 6.45) is 1.75. The molecule has 3 heteroatoms. The maximum absolute atomic E-state index is 3.85. The zero-order valence-electron chi connectivity index (χ0n) is 8.65. The van der Waals surface area contributed by atoms with Gasteiger partial charge in [0.1, 0.15) is 0 Å². The number of aromatic nitrogens is 2. The van der Waals surface area contributed by atoms with E-state index in [1.165, 1.54) is 5.56 Å². The molecule has 0 bridgehead atoms. The van der Waals surface area contributed by atoms with Gasteiger partial charge in [-0.25, -0.2) is 12.1 Å². The van der Waals surface area contributed by atoms with Crippen molar-refractivity contribution in [2.24, 2.45) is 0 Å². The van der Waals surface area contributed by atoms with Crippen molar-refractivity contribution < 1.29 is 17.1 Å². The van der Waals surface area contributed by atoms with Crippen molar-refractivity contribution >= 4 is 0 Å². The summed E-state index contributed by atoms with van der Waals surface area (Å²) in [7, 11) is 0. The Kier molecular flexibility index (Phi) is 5.34. The molecule has 1 aromatic heterocycles. The molecular formula is C13H12FeN2. The Morgan fingerprint density at radius 3 is 2.19 bits per heavy atom. The van der Waals surface area contributed by atoms with E-state index in [1.54, 1.807) is 6.20 Å². The second-order valence-electron chi connectivity index (χ2n) is 3.11. The van der Waals surface area contributed by atoms with E-state index in [0.717, 1.165) is 5.69 Å². The van der Waals surface area contributed by atoms with Crippen LogP contribution in [0.4, 0.5) is 0 Å². The average Bonchev–Trinajstić information content (AvgIpc) is 3.06. The van der Waals surface area contributed by atoms with Gasteiger partial charge < -0.3 is 0 Å². The monoisotopic (exact) mass is 252 g/mol. The fourth-order valence-corrected chi connectivity index (χ4v) is 1.29. The van der Waals surface area contributed by atoms with Crippen LogP contribution < -0.4 is 0 Å². The number of nitrogens with one attached hydrogen (secondary N) is 1. The van der Waals surface area contributed by atoms with Crippen LogP contribution in [0.15, 0.2) is 66.9 Å². The van der Waals surface area contributed by atoms with E-state index >= 15 is 0 Å². The molecule has 0 spiro atoms. The first-order valence-corrected chi connectivity index (χ1v) is 4.85. The first-order chi connectivity index (χ1) is 7.47. The summed E-state index contributed by atoms with van der Waals surface area (Å²) in [5, 5.41) is 6.74. The van der Waals surface area contributed by atoms with E-state index in [1.807, 2.05) is 60.7 Å². The third-order valence-electron chi connectivity index (χ3n) is 2.03. The van der Waals surface area contributed by atoms with Crippen LogP contribution in [0.25, 0.3) is 11.3 Å². The largest absolute Gasteiger partial charge is 2.00 e. The number of aromatic amines is 1. The minimum atomic E-state index is 0. The van der Waals surface area contributed by atoms with Crippen LogP contribution >= 0.6 is 0 Å².